The molecule has 0 spiro atoms. The summed E-state index contributed by atoms with van der Waals surface area (Å²) in [4.78, 5) is 13.6. The van der Waals surface area contributed by atoms with Crippen molar-refractivity contribution in [3.63, 3.8) is 0 Å². The Morgan fingerprint density at radius 1 is 0.714 bits per heavy atom. The first-order valence-corrected chi connectivity index (χ1v) is 16.2. The van der Waals surface area contributed by atoms with E-state index in [1.165, 1.54) is 16.0 Å². The molecule has 0 heterocycles. The molecule has 0 radical (unpaired) electrons. The van der Waals surface area contributed by atoms with Gasteiger partial charge >= 0.3 is 0 Å². The summed E-state index contributed by atoms with van der Waals surface area (Å²) in [5, 5.41) is 0. The molecular formula is C32H36OS2+2. The van der Waals surface area contributed by atoms with Crippen LogP contribution in [0.25, 0.3) is 6.08 Å². The van der Waals surface area contributed by atoms with E-state index in [0.29, 0.717) is 21.8 Å². The number of Topliss-reactive ketones (excluding diaryl/α,β-unsaturated/α-hetero) is 1. The molecule has 180 valence electrons. The molecule has 0 aliphatic heterocycles. The molecule has 2 aliphatic rings. The molecule has 35 heavy (non-hydrogen) atoms. The Morgan fingerprint density at radius 3 is 1.97 bits per heavy atom. The third-order valence-electron chi connectivity index (χ3n) is 5.54. The summed E-state index contributed by atoms with van der Waals surface area (Å²) in [5.41, 5.74) is 5.74. The van der Waals surface area contributed by atoms with Crippen LogP contribution < -0.4 is 0 Å². The maximum Gasteiger partial charge on any atom is 0.174 e. The van der Waals surface area contributed by atoms with Crippen molar-refractivity contribution in [1.29, 1.82) is 0 Å². The number of allylic oxidation sites excluding steroid dienone is 5. The Morgan fingerprint density at radius 2 is 1.31 bits per heavy atom. The normalized spacial score (nSPS) is 15.3. The monoisotopic (exact) mass is 500 g/mol. The van der Waals surface area contributed by atoms with E-state index in [0.717, 1.165) is 23.1 Å². The van der Waals surface area contributed by atoms with Crippen molar-refractivity contribution in [3.05, 3.63) is 131 Å². The maximum absolute atomic E-state index is 12.1. The summed E-state index contributed by atoms with van der Waals surface area (Å²) in [6, 6.07) is 27.4. The Balaban J connectivity index is 0.000000170. The van der Waals surface area contributed by atoms with E-state index in [9.17, 15) is 4.79 Å². The second kappa shape index (κ2) is 13.4. The van der Waals surface area contributed by atoms with Gasteiger partial charge in [-0.1, -0.05) is 91.0 Å². The molecule has 5 rings (SSSR count). The summed E-state index contributed by atoms with van der Waals surface area (Å²) in [6.07, 6.45) is 22.1. The van der Waals surface area contributed by atoms with E-state index in [4.69, 9.17) is 0 Å². The number of hydrogen-bond acceptors (Lipinski definition) is 1. The van der Waals surface area contributed by atoms with E-state index in [-0.39, 0.29) is 11.7 Å². The van der Waals surface area contributed by atoms with E-state index in [2.05, 4.69) is 92.0 Å². The van der Waals surface area contributed by atoms with Crippen molar-refractivity contribution in [2.75, 3.05) is 31.3 Å². The highest BCUT2D eigenvalue weighted by Gasteiger charge is 2.26. The van der Waals surface area contributed by atoms with Crippen molar-refractivity contribution in [2.45, 2.75) is 11.3 Å². The van der Waals surface area contributed by atoms with Gasteiger partial charge in [0.1, 0.15) is 12.5 Å². The smallest absolute Gasteiger partial charge is 0.174 e. The predicted molar refractivity (Wildman–Crippen MR) is 159 cm³/mol. The zero-order chi connectivity index (χ0) is 25.2. The molecule has 3 aromatic carbocycles. The summed E-state index contributed by atoms with van der Waals surface area (Å²) >= 11 is 0. The zero-order valence-electron chi connectivity index (χ0n) is 21.4. The fourth-order valence-corrected chi connectivity index (χ4v) is 4.52. The fourth-order valence-electron chi connectivity index (χ4n) is 3.84. The second-order valence-electron chi connectivity index (χ2n) is 9.17. The molecule has 3 aromatic rings. The molecule has 0 bridgehead atoms. The van der Waals surface area contributed by atoms with Gasteiger partial charge in [0.2, 0.25) is 0 Å². The lowest BCUT2D eigenvalue weighted by Gasteiger charge is -2.22. The number of fused-ring (bicyclic) bond motifs is 2. The van der Waals surface area contributed by atoms with Gasteiger partial charge in [0, 0.05) is 16.5 Å². The molecule has 2 aliphatic carbocycles. The van der Waals surface area contributed by atoms with Crippen LogP contribution in [0.5, 0.6) is 0 Å². The van der Waals surface area contributed by atoms with Gasteiger partial charge in [-0.2, -0.15) is 0 Å². The molecule has 0 aromatic heterocycles. The Labute approximate surface area is 217 Å². The molecule has 1 nitrogen and oxygen atoms in total. The first-order chi connectivity index (χ1) is 16.8. The van der Waals surface area contributed by atoms with Crippen LogP contribution in [-0.2, 0) is 28.2 Å². The lowest BCUT2D eigenvalue weighted by molar-refractivity contribution is 0.0960. The molecule has 0 N–H and O–H groups in total. The molecule has 1 unspecified atom stereocenters. The average molecular weight is 501 g/mol. The maximum atomic E-state index is 12.1. The van der Waals surface area contributed by atoms with Crippen LogP contribution in [0.15, 0.2) is 114 Å². The van der Waals surface area contributed by atoms with Gasteiger partial charge in [0.25, 0.3) is 0 Å². The molecule has 3 heteroatoms. The number of hydrogen-bond donors (Lipinski definition) is 0. The number of ketones is 1. The van der Waals surface area contributed by atoms with Crippen molar-refractivity contribution in [2.24, 2.45) is 5.92 Å². The summed E-state index contributed by atoms with van der Waals surface area (Å²) in [6.45, 7) is 0. The zero-order valence-corrected chi connectivity index (χ0v) is 23.0. The second-order valence-corrected chi connectivity index (χ2v) is 13.7. The molecule has 1 atom stereocenters. The largest absolute Gasteiger partial charge is 0.293 e. The number of carbonyl (C=O) groups excluding carboxylic acids is 1. The van der Waals surface area contributed by atoms with E-state index < -0.39 is 0 Å². The number of rotatable bonds is 3. The lowest BCUT2D eigenvalue weighted by atomic mass is 9.80. The van der Waals surface area contributed by atoms with E-state index in [1.54, 1.807) is 0 Å². The van der Waals surface area contributed by atoms with Crippen LogP contribution in [0.1, 0.15) is 27.0 Å². The van der Waals surface area contributed by atoms with Crippen molar-refractivity contribution in [1.82, 2.24) is 0 Å². The third-order valence-corrected chi connectivity index (χ3v) is 6.75. The van der Waals surface area contributed by atoms with Crippen molar-refractivity contribution >= 4 is 33.6 Å². The van der Waals surface area contributed by atoms with Gasteiger partial charge in [-0.05, 0) is 57.8 Å². The minimum absolute atomic E-state index is 0.0649. The van der Waals surface area contributed by atoms with Crippen molar-refractivity contribution in [3.8, 4) is 0 Å². The quantitative estimate of drug-likeness (QED) is 0.353. The summed E-state index contributed by atoms with van der Waals surface area (Å²) in [7, 11) is 1.01. The first-order valence-electron chi connectivity index (χ1n) is 11.7. The van der Waals surface area contributed by atoms with Gasteiger partial charge in [-0.25, -0.2) is 0 Å². The number of benzene rings is 3. The van der Waals surface area contributed by atoms with Crippen LogP contribution in [0.2, 0.25) is 0 Å². The van der Waals surface area contributed by atoms with Gasteiger partial charge in [0.05, 0.1) is 24.7 Å². The van der Waals surface area contributed by atoms with Gasteiger partial charge in [-0.3, -0.25) is 4.79 Å². The highest BCUT2D eigenvalue weighted by atomic mass is 32.2. The Hall–Kier alpha value is -2.75. The minimum Gasteiger partial charge on any atom is -0.293 e. The molecule has 0 amide bonds. The predicted octanol–water partition coefficient (Wildman–Crippen LogP) is 7.02. The fraction of sp³-hybridized carbons (Fsp3) is 0.219. The van der Waals surface area contributed by atoms with E-state index >= 15 is 0 Å². The van der Waals surface area contributed by atoms with Crippen LogP contribution in [0, 0.1) is 5.92 Å². The highest BCUT2D eigenvalue weighted by molar-refractivity contribution is 7.95. The molecule has 0 fully saturated rings. The average Bonchev–Trinajstić information content (AvgIpc) is 2.85. The summed E-state index contributed by atoms with van der Waals surface area (Å²) < 4.78 is 0. The third kappa shape index (κ3) is 8.16. The van der Waals surface area contributed by atoms with Crippen molar-refractivity contribution < 1.29 is 4.79 Å². The van der Waals surface area contributed by atoms with Crippen LogP contribution in [0.3, 0.4) is 0 Å². The van der Waals surface area contributed by atoms with E-state index in [1.807, 2.05) is 48.6 Å². The lowest BCUT2D eigenvalue weighted by Crippen LogP contribution is -2.20. The van der Waals surface area contributed by atoms with Gasteiger partial charge in [-0.15, -0.1) is 0 Å². The minimum atomic E-state index is -0.0649. The van der Waals surface area contributed by atoms with Crippen LogP contribution in [-0.4, -0.2) is 37.1 Å². The SMILES string of the molecule is C[S+](C)C.C[S+](C)c1ccc(Cc2ccccc2)cc1.O=C1c2ccccc2C=C2C=CC=CC12. The summed E-state index contributed by atoms with van der Waals surface area (Å²) in [5.74, 6) is 0.147. The van der Waals surface area contributed by atoms with Gasteiger partial charge in [0.15, 0.2) is 10.7 Å². The topological polar surface area (TPSA) is 17.1 Å². The number of carbonyl (C=O) groups is 1. The van der Waals surface area contributed by atoms with Gasteiger partial charge < -0.3 is 0 Å². The highest BCUT2D eigenvalue weighted by Crippen LogP contribution is 2.31. The van der Waals surface area contributed by atoms with Crippen LogP contribution >= 0.6 is 0 Å². The van der Waals surface area contributed by atoms with Crippen LogP contribution in [0.4, 0.5) is 0 Å². The molecule has 0 saturated heterocycles. The molecule has 0 saturated carbocycles. The Kier molecular flexibility index (Phi) is 10.3. The first kappa shape index (κ1) is 26.8. The molecular weight excluding hydrogens is 464 g/mol. The standard InChI is InChI=1S/C15H17S.C14H10O.C3H9S/c1-16(2)15-10-8-14(9-11-15)12-13-6-4-3-5-7-13;15-14-12-7-3-1-5-10(12)9-11-6-2-4-8-13(11)14;1-4(2)3/h3-11H,12H2,1-2H3;1-9,12H;1-3H3/q+1;;+1. The Bertz CT molecular complexity index is 1180.